The van der Waals surface area contributed by atoms with E-state index in [9.17, 15) is 0 Å². The van der Waals surface area contributed by atoms with Crippen molar-refractivity contribution in [2.75, 3.05) is 24.5 Å². The summed E-state index contributed by atoms with van der Waals surface area (Å²) in [7, 11) is 0. The topological polar surface area (TPSA) is 29.3 Å². The predicted octanol–water partition coefficient (Wildman–Crippen LogP) is 3.86. The van der Waals surface area contributed by atoms with Gasteiger partial charge in [-0.2, -0.15) is 0 Å². The lowest BCUT2D eigenvalue weighted by molar-refractivity contribution is 0.459. The van der Waals surface area contributed by atoms with E-state index in [2.05, 4.69) is 17.9 Å². The van der Waals surface area contributed by atoms with Crippen molar-refractivity contribution in [3.63, 3.8) is 0 Å². The Kier molecular flexibility index (Phi) is 5.53. The largest absolute Gasteiger partial charge is 0.370 e. The number of hydrogen-bond acceptors (Lipinski definition) is 2. The first-order valence-corrected chi connectivity index (χ1v) is 7.86. The molecule has 2 rings (SSSR count). The van der Waals surface area contributed by atoms with E-state index in [0.29, 0.717) is 6.54 Å². The van der Waals surface area contributed by atoms with Gasteiger partial charge in [-0.1, -0.05) is 37.1 Å². The summed E-state index contributed by atoms with van der Waals surface area (Å²) in [5.74, 6) is 0.880. The molecule has 0 radical (unpaired) electrons. The van der Waals surface area contributed by atoms with Gasteiger partial charge in [-0.25, -0.2) is 0 Å². The van der Waals surface area contributed by atoms with E-state index in [1.54, 1.807) is 0 Å². The third-order valence-corrected chi connectivity index (χ3v) is 4.53. The Labute approximate surface area is 121 Å². The fourth-order valence-electron chi connectivity index (χ4n) is 3.07. The van der Waals surface area contributed by atoms with Crippen LogP contribution in [0.5, 0.6) is 0 Å². The van der Waals surface area contributed by atoms with Crippen LogP contribution < -0.4 is 10.6 Å². The molecule has 1 aliphatic rings. The van der Waals surface area contributed by atoms with Crippen molar-refractivity contribution in [2.45, 2.75) is 39.0 Å². The molecule has 0 bridgehead atoms. The van der Waals surface area contributed by atoms with E-state index in [4.69, 9.17) is 17.3 Å². The Morgan fingerprint density at radius 1 is 1.32 bits per heavy atom. The lowest BCUT2D eigenvalue weighted by Crippen LogP contribution is -2.26. The molecular weight excluding hydrogens is 256 g/mol. The second-order valence-corrected chi connectivity index (χ2v) is 5.89. The zero-order valence-electron chi connectivity index (χ0n) is 11.9. The summed E-state index contributed by atoms with van der Waals surface area (Å²) in [5, 5.41) is 0.876. The van der Waals surface area contributed by atoms with Crippen LogP contribution in [0.25, 0.3) is 0 Å². The summed E-state index contributed by atoms with van der Waals surface area (Å²) >= 11 is 6.44. The van der Waals surface area contributed by atoms with Crippen molar-refractivity contribution in [1.29, 1.82) is 0 Å². The Balaban J connectivity index is 2.20. The van der Waals surface area contributed by atoms with E-state index in [-0.39, 0.29) is 0 Å². The smallest absolute Gasteiger partial charge is 0.0642 e. The summed E-state index contributed by atoms with van der Waals surface area (Å²) in [6.07, 6.45) is 6.11. The summed E-state index contributed by atoms with van der Waals surface area (Å²) in [6, 6.07) is 6.19. The van der Waals surface area contributed by atoms with Crippen LogP contribution in [0.2, 0.25) is 5.02 Å². The molecule has 0 aromatic heterocycles. The SMILES string of the molecule is CCC1CCCN(c2c(Cl)cccc2CCN)CC1. The number of hydrogen-bond donors (Lipinski definition) is 1. The number of anilines is 1. The van der Waals surface area contributed by atoms with Crippen molar-refractivity contribution in [3.05, 3.63) is 28.8 Å². The zero-order valence-corrected chi connectivity index (χ0v) is 12.6. The Hall–Kier alpha value is -0.730. The molecule has 1 aromatic rings. The van der Waals surface area contributed by atoms with E-state index in [1.165, 1.54) is 36.9 Å². The monoisotopic (exact) mass is 280 g/mol. The molecule has 0 saturated carbocycles. The average Bonchev–Trinajstić information content (AvgIpc) is 2.64. The van der Waals surface area contributed by atoms with Gasteiger partial charge in [0.05, 0.1) is 10.7 Å². The second-order valence-electron chi connectivity index (χ2n) is 5.48. The van der Waals surface area contributed by atoms with Gasteiger partial charge in [0, 0.05) is 13.1 Å². The summed E-state index contributed by atoms with van der Waals surface area (Å²) in [6.45, 7) is 5.23. The molecule has 1 aromatic carbocycles. The minimum absolute atomic E-state index is 0.679. The Bertz CT molecular complexity index is 406. The first-order chi connectivity index (χ1) is 9.26. The lowest BCUT2D eigenvalue weighted by atomic mass is 9.98. The third kappa shape index (κ3) is 3.64. The van der Waals surface area contributed by atoms with Gasteiger partial charge in [-0.05, 0) is 49.8 Å². The number of rotatable bonds is 4. The molecular formula is C16H25ClN2. The molecule has 19 heavy (non-hydrogen) atoms. The van der Waals surface area contributed by atoms with Crippen molar-refractivity contribution < 1.29 is 0 Å². The van der Waals surface area contributed by atoms with Crippen LogP contribution in [0.3, 0.4) is 0 Å². The van der Waals surface area contributed by atoms with Crippen LogP contribution in [0.4, 0.5) is 5.69 Å². The molecule has 1 unspecified atom stereocenters. The predicted molar refractivity (Wildman–Crippen MR) is 84.1 cm³/mol. The van der Waals surface area contributed by atoms with E-state index in [1.807, 2.05) is 12.1 Å². The molecule has 1 aliphatic heterocycles. The molecule has 0 amide bonds. The molecule has 106 valence electrons. The van der Waals surface area contributed by atoms with Gasteiger partial charge < -0.3 is 10.6 Å². The van der Waals surface area contributed by atoms with Gasteiger partial charge in [0.2, 0.25) is 0 Å². The van der Waals surface area contributed by atoms with E-state index < -0.39 is 0 Å². The number of nitrogens with zero attached hydrogens (tertiary/aromatic N) is 1. The molecule has 0 aliphatic carbocycles. The van der Waals surface area contributed by atoms with Gasteiger partial charge >= 0.3 is 0 Å². The zero-order chi connectivity index (χ0) is 13.7. The maximum absolute atomic E-state index is 6.44. The van der Waals surface area contributed by atoms with Crippen molar-refractivity contribution >= 4 is 17.3 Å². The summed E-state index contributed by atoms with van der Waals surface area (Å²) in [4.78, 5) is 2.48. The fraction of sp³-hybridized carbons (Fsp3) is 0.625. The van der Waals surface area contributed by atoms with Crippen LogP contribution in [0, 0.1) is 5.92 Å². The Morgan fingerprint density at radius 3 is 2.89 bits per heavy atom. The van der Waals surface area contributed by atoms with Crippen LogP contribution in [-0.4, -0.2) is 19.6 Å². The molecule has 2 N–H and O–H groups in total. The molecule has 2 nitrogen and oxygen atoms in total. The highest BCUT2D eigenvalue weighted by Crippen LogP contribution is 2.33. The first kappa shape index (κ1) is 14.7. The molecule has 3 heteroatoms. The van der Waals surface area contributed by atoms with E-state index >= 15 is 0 Å². The highest BCUT2D eigenvalue weighted by atomic mass is 35.5. The van der Waals surface area contributed by atoms with Crippen LogP contribution >= 0.6 is 11.6 Å². The molecule has 1 fully saturated rings. The molecule has 1 atom stereocenters. The van der Waals surface area contributed by atoms with Gasteiger partial charge in [0.15, 0.2) is 0 Å². The van der Waals surface area contributed by atoms with Crippen molar-refractivity contribution in [3.8, 4) is 0 Å². The minimum atomic E-state index is 0.679. The lowest BCUT2D eigenvalue weighted by Gasteiger charge is -2.26. The summed E-state index contributed by atoms with van der Waals surface area (Å²) in [5.41, 5.74) is 8.25. The number of halogens is 1. The van der Waals surface area contributed by atoms with Gasteiger partial charge in [-0.15, -0.1) is 0 Å². The number of para-hydroxylation sites is 1. The standard InChI is InChI=1S/C16H25ClN2/c1-2-13-5-4-11-19(12-9-13)16-14(8-10-18)6-3-7-15(16)17/h3,6-7,13H,2,4-5,8-12,18H2,1H3. The van der Waals surface area contributed by atoms with Crippen LogP contribution in [-0.2, 0) is 6.42 Å². The summed E-state index contributed by atoms with van der Waals surface area (Å²) < 4.78 is 0. The van der Waals surface area contributed by atoms with Gasteiger partial charge in [0.25, 0.3) is 0 Å². The third-order valence-electron chi connectivity index (χ3n) is 4.23. The molecule has 0 spiro atoms. The van der Waals surface area contributed by atoms with Crippen molar-refractivity contribution in [2.24, 2.45) is 11.7 Å². The molecule has 1 saturated heterocycles. The number of benzene rings is 1. The quantitative estimate of drug-likeness (QED) is 0.907. The molecule has 1 heterocycles. The maximum atomic E-state index is 6.44. The van der Waals surface area contributed by atoms with Gasteiger partial charge in [-0.3, -0.25) is 0 Å². The minimum Gasteiger partial charge on any atom is -0.370 e. The Morgan fingerprint density at radius 2 is 2.16 bits per heavy atom. The van der Waals surface area contributed by atoms with Gasteiger partial charge in [0.1, 0.15) is 0 Å². The van der Waals surface area contributed by atoms with Crippen LogP contribution in [0.1, 0.15) is 38.2 Å². The highest BCUT2D eigenvalue weighted by Gasteiger charge is 2.19. The van der Waals surface area contributed by atoms with E-state index in [0.717, 1.165) is 30.5 Å². The van der Waals surface area contributed by atoms with Crippen molar-refractivity contribution in [1.82, 2.24) is 0 Å². The normalized spacial score (nSPS) is 20.4. The second kappa shape index (κ2) is 7.16. The average molecular weight is 281 g/mol. The van der Waals surface area contributed by atoms with Crippen LogP contribution in [0.15, 0.2) is 18.2 Å². The maximum Gasteiger partial charge on any atom is 0.0642 e. The highest BCUT2D eigenvalue weighted by molar-refractivity contribution is 6.33. The number of nitrogens with two attached hydrogens (primary N) is 1. The first-order valence-electron chi connectivity index (χ1n) is 7.48. The fourth-order valence-corrected chi connectivity index (χ4v) is 3.38.